The zero-order valence-electron chi connectivity index (χ0n) is 22.3. The molecule has 0 unspecified atom stereocenters. The number of benzene rings is 4. The van der Waals surface area contributed by atoms with E-state index in [9.17, 15) is 0 Å². The number of allylic oxidation sites excluding steroid dienone is 4. The van der Waals surface area contributed by atoms with Crippen LogP contribution >= 0.6 is 0 Å². The van der Waals surface area contributed by atoms with E-state index in [1.54, 1.807) is 17.6 Å². The molecule has 0 atom stereocenters. The van der Waals surface area contributed by atoms with Crippen molar-refractivity contribution in [3.8, 4) is 11.1 Å². The van der Waals surface area contributed by atoms with Crippen LogP contribution in [0.1, 0.15) is 56.5 Å². The van der Waals surface area contributed by atoms with Gasteiger partial charge in [0.2, 0.25) is 0 Å². The summed E-state index contributed by atoms with van der Waals surface area (Å²) >= 11 is -1.19. The van der Waals surface area contributed by atoms with Crippen molar-refractivity contribution >= 4 is 12.1 Å². The molecule has 2 aliphatic rings. The Hall–Kier alpha value is -2.31. The molecule has 0 nitrogen and oxygen atoms in total. The van der Waals surface area contributed by atoms with Crippen molar-refractivity contribution in [1.82, 2.24) is 0 Å². The van der Waals surface area contributed by atoms with E-state index >= 15 is 0 Å². The Morgan fingerprint density at radius 1 is 0.658 bits per heavy atom. The molecule has 6 rings (SSSR count). The normalized spacial score (nSPS) is 12.6. The quantitative estimate of drug-likeness (QED) is 0.290. The summed E-state index contributed by atoms with van der Waals surface area (Å²) < 4.78 is 3.25. The molecule has 4 aromatic carbocycles. The van der Waals surface area contributed by atoms with Crippen molar-refractivity contribution in [3.05, 3.63) is 141 Å². The van der Waals surface area contributed by atoms with E-state index in [0.29, 0.717) is 0 Å². The van der Waals surface area contributed by atoms with Crippen molar-refractivity contribution in [2.45, 2.75) is 40.5 Å². The zero-order chi connectivity index (χ0) is 24.8. The molecule has 189 valence electrons. The first-order valence-corrected chi connectivity index (χ1v) is 15.4. The minimum atomic E-state index is -1.19. The smallest absolute Gasteiger partial charge is 1.00 e. The van der Waals surface area contributed by atoms with Crippen molar-refractivity contribution in [3.63, 3.8) is 0 Å². The minimum Gasteiger partial charge on any atom is -1.00 e. The molecule has 3 heteroatoms. The molecule has 0 bridgehead atoms. The molecule has 2 aliphatic carbocycles. The van der Waals surface area contributed by atoms with Crippen molar-refractivity contribution in [2.24, 2.45) is 0 Å². The summed E-state index contributed by atoms with van der Waals surface area (Å²) in [6.45, 7) is 9.32. The summed E-state index contributed by atoms with van der Waals surface area (Å²) in [7, 11) is 0. The molecule has 0 amide bonds. The van der Waals surface area contributed by atoms with Gasteiger partial charge in [0.15, 0.2) is 0 Å². The molecule has 0 saturated carbocycles. The number of halogens is 2. The molecular formula is C35H31Cl2Zr. The first-order valence-electron chi connectivity index (χ1n) is 12.9. The van der Waals surface area contributed by atoms with Gasteiger partial charge in [-0.15, -0.1) is 0 Å². The second kappa shape index (κ2) is 11.8. The van der Waals surface area contributed by atoms with Gasteiger partial charge in [-0.25, -0.2) is 0 Å². The van der Waals surface area contributed by atoms with Crippen LogP contribution in [-0.4, -0.2) is 3.21 Å². The van der Waals surface area contributed by atoms with Crippen LogP contribution in [0.2, 0.25) is 0 Å². The molecule has 0 heterocycles. The van der Waals surface area contributed by atoms with Gasteiger partial charge in [-0.1, -0.05) is 0 Å². The molecule has 0 radical (unpaired) electrons. The summed E-state index contributed by atoms with van der Waals surface area (Å²) in [6, 6.07) is 27.0. The third-order valence-corrected chi connectivity index (χ3v) is 12.1. The van der Waals surface area contributed by atoms with E-state index < -0.39 is 22.8 Å². The van der Waals surface area contributed by atoms with Crippen molar-refractivity contribution < 1.29 is 47.6 Å². The Morgan fingerprint density at radius 3 is 1.84 bits per heavy atom. The molecule has 4 aromatic rings. The molecule has 0 aliphatic heterocycles. The average Bonchev–Trinajstić information content (AvgIpc) is 3.57. The van der Waals surface area contributed by atoms with Crippen molar-refractivity contribution in [1.29, 1.82) is 0 Å². The standard InChI is InChI=1S/C22H21.C13H10.2ClH.Zr/c1-13-9-10-18-11-19-12-20(17-7-5-6-8-17)15(3)16(4)22(19)21(18)14(13)2;1-3-7-12(8-4-1)11-13-9-5-2-6-10-13;;;/h5-7,9-10H,8,11H2,1-4H3;1-10H;2*1H;/q;;;;+2/p-2. The van der Waals surface area contributed by atoms with Gasteiger partial charge in [0.1, 0.15) is 0 Å². The molecule has 0 fully saturated rings. The predicted octanol–water partition coefficient (Wildman–Crippen LogP) is 1.82. The summed E-state index contributed by atoms with van der Waals surface area (Å²) in [5.41, 5.74) is 17.8. The molecule has 0 N–H and O–H groups in total. The van der Waals surface area contributed by atoms with Gasteiger partial charge < -0.3 is 24.8 Å². The largest absolute Gasteiger partial charge is 1.00 e. The third kappa shape index (κ3) is 4.90. The van der Waals surface area contributed by atoms with Crippen LogP contribution in [-0.2, 0) is 29.2 Å². The summed E-state index contributed by atoms with van der Waals surface area (Å²) in [4.78, 5) is 0. The van der Waals surface area contributed by atoms with Gasteiger partial charge in [-0.05, 0) is 0 Å². The van der Waals surface area contributed by atoms with Crippen LogP contribution in [0.15, 0.2) is 91.0 Å². The first kappa shape index (κ1) is 28.7. The fourth-order valence-electron chi connectivity index (χ4n) is 5.96. The maximum absolute atomic E-state index is 2.39. The molecule has 0 saturated heterocycles. The fourth-order valence-corrected chi connectivity index (χ4v) is 10.2. The Morgan fingerprint density at radius 2 is 1.26 bits per heavy atom. The van der Waals surface area contributed by atoms with Crippen LogP contribution in [0.3, 0.4) is 0 Å². The van der Waals surface area contributed by atoms with Crippen LogP contribution in [0.25, 0.3) is 16.7 Å². The number of hydrogen-bond acceptors (Lipinski definition) is 0. The topological polar surface area (TPSA) is 0 Å². The maximum atomic E-state index is 2.39. The van der Waals surface area contributed by atoms with E-state index in [0.717, 1.165) is 12.8 Å². The van der Waals surface area contributed by atoms with E-state index in [2.05, 4.69) is 119 Å². The number of hydrogen-bond donors (Lipinski definition) is 0. The van der Waals surface area contributed by atoms with Crippen LogP contribution in [0, 0.1) is 27.7 Å². The summed E-state index contributed by atoms with van der Waals surface area (Å²) in [5.74, 6) is 0. The maximum Gasteiger partial charge on any atom is -1.00 e. The molecule has 38 heavy (non-hydrogen) atoms. The Labute approximate surface area is 250 Å². The molecule has 0 spiro atoms. The van der Waals surface area contributed by atoms with Gasteiger partial charge in [0, 0.05) is 0 Å². The SMILES string of the molecule is Cc1ccc2c(c1C)-c1c(C)c(C)c(C3=CC=CC3)[c]([Zr+2]=[C](c3ccccc3)c3ccccc3)c1C2.[Cl-].[Cl-]. The second-order valence-corrected chi connectivity index (χ2v) is 13.2. The Bertz CT molecular complexity index is 1550. The van der Waals surface area contributed by atoms with Crippen LogP contribution in [0.5, 0.6) is 0 Å². The van der Waals surface area contributed by atoms with E-state index in [1.165, 1.54) is 55.6 Å². The number of aryl methyl sites for hydroxylation is 1. The molecular weight excluding hydrogens is 583 g/mol. The third-order valence-electron chi connectivity index (χ3n) is 8.07. The van der Waals surface area contributed by atoms with Gasteiger partial charge in [-0.2, -0.15) is 0 Å². The van der Waals surface area contributed by atoms with E-state index in [1.807, 2.05) is 0 Å². The Kier molecular flexibility index (Phi) is 8.94. The van der Waals surface area contributed by atoms with E-state index in [4.69, 9.17) is 0 Å². The fraction of sp³-hybridized carbons (Fsp3) is 0.171. The van der Waals surface area contributed by atoms with Crippen LogP contribution < -0.4 is 28.1 Å². The second-order valence-electron chi connectivity index (χ2n) is 10.1. The first-order chi connectivity index (χ1) is 17.5. The van der Waals surface area contributed by atoms with Gasteiger partial charge in [0.05, 0.1) is 0 Å². The van der Waals surface area contributed by atoms with Gasteiger partial charge in [0.25, 0.3) is 0 Å². The minimum absolute atomic E-state index is 0. The monoisotopic (exact) mass is 611 g/mol. The van der Waals surface area contributed by atoms with Gasteiger partial charge in [-0.3, -0.25) is 0 Å². The average molecular weight is 614 g/mol. The van der Waals surface area contributed by atoms with Crippen molar-refractivity contribution in [2.75, 3.05) is 0 Å². The zero-order valence-corrected chi connectivity index (χ0v) is 26.3. The predicted molar refractivity (Wildman–Crippen MR) is 151 cm³/mol. The number of fused-ring (bicyclic) bond motifs is 3. The van der Waals surface area contributed by atoms with Crippen LogP contribution in [0.4, 0.5) is 0 Å². The molecule has 0 aromatic heterocycles. The number of rotatable bonds is 4. The van der Waals surface area contributed by atoms with Gasteiger partial charge >= 0.3 is 228 Å². The van der Waals surface area contributed by atoms with E-state index in [-0.39, 0.29) is 24.8 Å². The summed E-state index contributed by atoms with van der Waals surface area (Å²) in [5, 5.41) is 0. The Balaban J connectivity index is 0.00000168. The summed E-state index contributed by atoms with van der Waals surface area (Å²) in [6.07, 6.45) is 9.02.